The summed E-state index contributed by atoms with van der Waals surface area (Å²) >= 11 is 0. The van der Waals surface area contributed by atoms with Gasteiger partial charge in [-0.15, -0.1) is 0 Å². The summed E-state index contributed by atoms with van der Waals surface area (Å²) < 4.78 is 5.06. The zero-order valence-corrected chi connectivity index (χ0v) is 23.5. The molecule has 0 bridgehead atoms. The van der Waals surface area contributed by atoms with Crippen LogP contribution in [0.15, 0.2) is 48.5 Å². The van der Waals surface area contributed by atoms with Crippen LogP contribution in [0.25, 0.3) is 22.5 Å². The van der Waals surface area contributed by atoms with Crippen molar-refractivity contribution in [2.45, 2.75) is 85.0 Å². The first-order valence-electron chi connectivity index (χ1n) is 14.6. The van der Waals surface area contributed by atoms with Gasteiger partial charge >= 0.3 is 5.97 Å². The topological polar surface area (TPSA) is 55.3 Å². The Morgan fingerprint density at radius 3 is 2.00 bits per heavy atom. The first-order chi connectivity index (χ1) is 18.6. The van der Waals surface area contributed by atoms with E-state index in [1.165, 1.54) is 11.1 Å². The monoisotopic (exact) mass is 513 g/mol. The molecule has 4 rings (SSSR count). The second-order valence-corrected chi connectivity index (χ2v) is 10.3. The lowest BCUT2D eigenvalue weighted by molar-refractivity contribution is -0.143. The first kappa shape index (κ1) is 27.8. The number of aryl methyl sites for hydroxylation is 3. The third-order valence-electron chi connectivity index (χ3n) is 7.23. The van der Waals surface area contributed by atoms with E-state index >= 15 is 0 Å². The Kier molecular flexibility index (Phi) is 10.3. The van der Waals surface area contributed by atoms with Crippen LogP contribution in [-0.2, 0) is 28.8 Å². The van der Waals surface area contributed by atoms with Gasteiger partial charge in [0.2, 0.25) is 0 Å². The maximum absolute atomic E-state index is 11.7. The third kappa shape index (κ3) is 7.21. The van der Waals surface area contributed by atoms with E-state index in [0.717, 1.165) is 105 Å². The molecule has 0 aliphatic carbocycles. The van der Waals surface area contributed by atoms with Gasteiger partial charge < -0.3 is 9.64 Å². The highest BCUT2D eigenvalue weighted by atomic mass is 16.5. The van der Waals surface area contributed by atoms with Crippen LogP contribution in [-0.4, -0.2) is 35.6 Å². The Balaban J connectivity index is 1.60. The average molecular weight is 514 g/mol. The molecule has 0 saturated carbocycles. The van der Waals surface area contributed by atoms with Gasteiger partial charge in [-0.3, -0.25) is 4.79 Å². The summed E-state index contributed by atoms with van der Waals surface area (Å²) in [4.78, 5) is 24.6. The van der Waals surface area contributed by atoms with Crippen molar-refractivity contribution in [2.75, 3.05) is 24.6 Å². The molecule has 0 unspecified atom stereocenters. The lowest BCUT2D eigenvalue weighted by atomic mass is 9.99. The van der Waals surface area contributed by atoms with E-state index in [1.54, 1.807) is 0 Å². The van der Waals surface area contributed by atoms with E-state index in [2.05, 4.69) is 67.3 Å². The summed E-state index contributed by atoms with van der Waals surface area (Å²) in [6, 6.07) is 17.8. The highest BCUT2D eigenvalue weighted by molar-refractivity contribution is 5.80. The smallest absolute Gasteiger partial charge is 0.305 e. The molecule has 38 heavy (non-hydrogen) atoms. The molecule has 5 nitrogen and oxygen atoms in total. The number of hydrogen-bond donors (Lipinski definition) is 0. The van der Waals surface area contributed by atoms with Crippen molar-refractivity contribution in [1.82, 2.24) is 9.97 Å². The highest BCUT2D eigenvalue weighted by Gasteiger charge is 2.23. The van der Waals surface area contributed by atoms with Crippen LogP contribution < -0.4 is 4.90 Å². The molecule has 0 saturated heterocycles. The minimum atomic E-state index is -0.0912. The maximum atomic E-state index is 11.7. The van der Waals surface area contributed by atoms with E-state index in [1.807, 2.05) is 6.92 Å². The van der Waals surface area contributed by atoms with E-state index in [9.17, 15) is 4.79 Å². The quantitative estimate of drug-likeness (QED) is 0.174. The molecule has 0 atom stereocenters. The van der Waals surface area contributed by atoms with E-state index < -0.39 is 0 Å². The van der Waals surface area contributed by atoms with Gasteiger partial charge in [0.1, 0.15) is 0 Å². The number of hydrogen-bond acceptors (Lipinski definition) is 5. The number of ether oxygens (including phenoxy) is 1. The van der Waals surface area contributed by atoms with Gasteiger partial charge in [0.05, 0.1) is 23.7 Å². The lowest BCUT2D eigenvalue weighted by Crippen LogP contribution is -2.32. The molecule has 0 spiro atoms. The van der Waals surface area contributed by atoms with Crippen LogP contribution in [0.3, 0.4) is 0 Å². The molecule has 1 aromatic heterocycles. The van der Waals surface area contributed by atoms with E-state index in [-0.39, 0.29) is 5.97 Å². The SMILES string of the molecule is CCCc1ccc(-c2nc3c(nc2-c2ccc(CCC)cc2)N(CCCCCC(=O)OCC)CCC3)cc1. The number of anilines is 1. The summed E-state index contributed by atoms with van der Waals surface area (Å²) in [7, 11) is 0. The highest BCUT2D eigenvalue weighted by Crippen LogP contribution is 2.35. The molecule has 2 aromatic carbocycles. The molecular weight excluding hydrogens is 470 g/mol. The van der Waals surface area contributed by atoms with Crippen molar-refractivity contribution < 1.29 is 9.53 Å². The molecule has 0 radical (unpaired) electrons. The fraction of sp³-hybridized carbons (Fsp3) is 0.485. The molecule has 5 heteroatoms. The van der Waals surface area contributed by atoms with Gasteiger partial charge in [-0.2, -0.15) is 0 Å². The number of unbranched alkanes of at least 4 members (excludes halogenated alkanes) is 2. The fourth-order valence-corrected chi connectivity index (χ4v) is 5.26. The summed E-state index contributed by atoms with van der Waals surface area (Å²) in [5.74, 6) is 0.937. The molecular formula is C33H43N3O2. The summed E-state index contributed by atoms with van der Waals surface area (Å²) in [6.45, 7) is 8.68. The molecule has 2 heterocycles. The van der Waals surface area contributed by atoms with Gasteiger partial charge in [-0.25, -0.2) is 9.97 Å². The number of carbonyl (C=O) groups is 1. The van der Waals surface area contributed by atoms with Crippen molar-refractivity contribution in [2.24, 2.45) is 0 Å². The number of nitrogens with zero attached hydrogens (tertiary/aromatic N) is 3. The predicted molar refractivity (Wildman–Crippen MR) is 157 cm³/mol. The summed E-state index contributed by atoms with van der Waals surface area (Å²) in [6.07, 6.45) is 9.92. The standard InChI is InChI=1S/C33H43N3O2/c1-4-11-25-15-19-27(20-16-25)31-32(28-21-17-26(12-5-2)18-22-28)35-33-29(34-31)13-10-24-36(33)23-9-7-8-14-30(37)38-6-3/h15-22H,4-14,23-24H2,1-3H3. The number of aromatic nitrogens is 2. The van der Waals surface area contributed by atoms with Gasteiger partial charge in [0.15, 0.2) is 5.82 Å². The van der Waals surface area contributed by atoms with Crippen LogP contribution in [0.4, 0.5) is 5.82 Å². The largest absolute Gasteiger partial charge is 0.466 e. The van der Waals surface area contributed by atoms with Gasteiger partial charge in [-0.05, 0) is 56.6 Å². The number of carbonyl (C=O) groups excluding carboxylic acids is 1. The number of fused-ring (bicyclic) bond motifs is 1. The predicted octanol–water partition coefficient (Wildman–Crippen LogP) is 7.59. The second kappa shape index (κ2) is 14.1. The van der Waals surface area contributed by atoms with Crippen molar-refractivity contribution >= 4 is 11.8 Å². The minimum Gasteiger partial charge on any atom is -0.466 e. The Hall–Kier alpha value is -3.21. The summed E-state index contributed by atoms with van der Waals surface area (Å²) in [5, 5.41) is 0. The average Bonchev–Trinajstić information content (AvgIpc) is 2.94. The number of esters is 1. The number of benzene rings is 2. The van der Waals surface area contributed by atoms with Crippen molar-refractivity contribution in [1.29, 1.82) is 0 Å². The molecule has 1 aliphatic heterocycles. The Labute approximate surface area is 228 Å². The Bertz CT molecular complexity index is 1170. The van der Waals surface area contributed by atoms with E-state index in [4.69, 9.17) is 14.7 Å². The van der Waals surface area contributed by atoms with Crippen LogP contribution in [0.5, 0.6) is 0 Å². The van der Waals surface area contributed by atoms with Gasteiger partial charge in [-0.1, -0.05) is 81.6 Å². The lowest BCUT2D eigenvalue weighted by Gasteiger charge is -2.30. The molecule has 202 valence electrons. The van der Waals surface area contributed by atoms with Crippen LogP contribution in [0.1, 0.15) is 82.5 Å². The number of rotatable bonds is 13. The molecule has 0 N–H and O–H groups in total. The van der Waals surface area contributed by atoms with Crippen molar-refractivity contribution in [3.63, 3.8) is 0 Å². The van der Waals surface area contributed by atoms with Crippen LogP contribution >= 0.6 is 0 Å². The fourth-order valence-electron chi connectivity index (χ4n) is 5.26. The van der Waals surface area contributed by atoms with Gasteiger partial charge in [0.25, 0.3) is 0 Å². The third-order valence-corrected chi connectivity index (χ3v) is 7.23. The van der Waals surface area contributed by atoms with Crippen LogP contribution in [0, 0.1) is 0 Å². The zero-order valence-electron chi connectivity index (χ0n) is 23.5. The molecule has 1 aliphatic rings. The molecule has 3 aromatic rings. The molecule has 0 amide bonds. The van der Waals surface area contributed by atoms with Crippen molar-refractivity contribution in [3.05, 3.63) is 65.4 Å². The van der Waals surface area contributed by atoms with Gasteiger partial charge in [0, 0.05) is 30.6 Å². The second-order valence-electron chi connectivity index (χ2n) is 10.3. The summed E-state index contributed by atoms with van der Waals surface area (Å²) in [5.41, 5.74) is 8.01. The zero-order chi connectivity index (χ0) is 26.7. The van der Waals surface area contributed by atoms with Crippen LogP contribution in [0.2, 0.25) is 0 Å². The first-order valence-corrected chi connectivity index (χ1v) is 14.6. The normalized spacial score (nSPS) is 12.9. The van der Waals surface area contributed by atoms with E-state index in [0.29, 0.717) is 13.0 Å². The minimum absolute atomic E-state index is 0.0912. The Morgan fingerprint density at radius 2 is 1.42 bits per heavy atom. The van der Waals surface area contributed by atoms with Crippen molar-refractivity contribution in [3.8, 4) is 22.5 Å². The molecule has 0 fully saturated rings. The Morgan fingerprint density at radius 1 is 0.816 bits per heavy atom. The maximum Gasteiger partial charge on any atom is 0.305 e.